The largest absolute Gasteiger partial charge is 0.481 e. The molecule has 0 heterocycles. The Bertz CT molecular complexity index is 302. The van der Waals surface area contributed by atoms with Gasteiger partial charge in [0.1, 0.15) is 0 Å². The van der Waals surface area contributed by atoms with Crippen molar-refractivity contribution < 1.29 is 33.8 Å². The normalized spacial score (nSPS) is 18.7. The summed E-state index contributed by atoms with van der Waals surface area (Å²) in [6.07, 6.45) is -1.31. The summed E-state index contributed by atoms with van der Waals surface area (Å²) in [7, 11) is -3.95. The molecule has 0 bridgehead atoms. The molecule has 0 saturated carbocycles. The maximum absolute atomic E-state index is 10.9. The van der Waals surface area contributed by atoms with Crippen LogP contribution in [0.15, 0.2) is 0 Å². The van der Waals surface area contributed by atoms with Crippen molar-refractivity contribution in [3.05, 3.63) is 0 Å². The van der Waals surface area contributed by atoms with Crippen molar-refractivity contribution in [1.82, 2.24) is 0 Å². The number of hydrogen-bond donors (Lipinski definition) is 3. The van der Waals surface area contributed by atoms with E-state index >= 15 is 0 Å². The highest BCUT2D eigenvalue weighted by atomic mass is 31.2. The van der Waals surface area contributed by atoms with E-state index in [4.69, 9.17) is 10.00 Å². The molecule has 0 rings (SSSR count). The molecule has 15 heavy (non-hydrogen) atoms. The fourth-order valence-corrected chi connectivity index (χ4v) is 1.36. The van der Waals surface area contributed by atoms with Gasteiger partial charge in [-0.1, -0.05) is 0 Å². The van der Waals surface area contributed by atoms with E-state index in [2.05, 4.69) is 4.52 Å². The van der Waals surface area contributed by atoms with E-state index in [0.29, 0.717) is 0 Å². The number of carboxylic acids is 1. The van der Waals surface area contributed by atoms with E-state index < -0.39 is 38.0 Å². The first-order chi connectivity index (χ1) is 6.52. The van der Waals surface area contributed by atoms with Crippen LogP contribution in [0.4, 0.5) is 0 Å². The smallest absolute Gasteiger partial charge is 0.375 e. The maximum atomic E-state index is 10.9. The lowest BCUT2D eigenvalue weighted by molar-refractivity contribution is -0.146. The van der Waals surface area contributed by atoms with Gasteiger partial charge >= 0.3 is 19.5 Å². The third-order valence-corrected chi connectivity index (χ3v) is 1.87. The Kier molecular flexibility index (Phi) is 4.45. The van der Waals surface area contributed by atoms with Crippen LogP contribution < -0.4 is 0 Å². The topological polar surface area (TPSA) is 121 Å². The highest BCUT2D eigenvalue weighted by molar-refractivity contribution is 7.52. The van der Waals surface area contributed by atoms with Crippen LogP contribution in [0.25, 0.3) is 0 Å². The molecule has 0 aromatic heterocycles. The van der Waals surface area contributed by atoms with Crippen molar-refractivity contribution >= 4 is 19.5 Å². The lowest BCUT2D eigenvalue weighted by Gasteiger charge is -2.19. The predicted molar refractivity (Wildman–Crippen MR) is 49.3 cm³/mol. The molecule has 0 aliphatic rings. The summed E-state index contributed by atoms with van der Waals surface area (Å²) in [6.45, 7) is 1.94. The summed E-state index contributed by atoms with van der Waals surface area (Å²) in [4.78, 5) is 29.9. The summed E-state index contributed by atoms with van der Waals surface area (Å²) in [5.41, 5.74) is -1.79. The van der Waals surface area contributed by atoms with E-state index in [9.17, 15) is 19.3 Å². The molecule has 1 unspecified atom stereocenters. The molecule has 0 fully saturated rings. The van der Waals surface area contributed by atoms with Crippen molar-refractivity contribution in [2.24, 2.45) is 0 Å². The zero-order valence-electron chi connectivity index (χ0n) is 8.34. The monoisotopic (exact) mass is 240 g/mol. The molecule has 0 radical (unpaired) electrons. The molecule has 88 valence electrons. The molecule has 8 heteroatoms. The summed E-state index contributed by atoms with van der Waals surface area (Å²) in [6, 6.07) is 0. The first kappa shape index (κ1) is 14.1. The molecule has 0 aliphatic heterocycles. The molecule has 0 aliphatic carbocycles. The van der Waals surface area contributed by atoms with E-state index in [-0.39, 0.29) is 0 Å². The molecule has 7 nitrogen and oxygen atoms in total. The van der Waals surface area contributed by atoms with Gasteiger partial charge < -0.3 is 19.6 Å². The third kappa shape index (κ3) is 8.11. The van der Waals surface area contributed by atoms with Crippen LogP contribution >= 0.6 is 7.60 Å². The van der Waals surface area contributed by atoms with E-state index in [0.717, 1.165) is 13.6 Å². The van der Waals surface area contributed by atoms with Gasteiger partial charge in [-0.25, -0.2) is 4.57 Å². The van der Waals surface area contributed by atoms with Gasteiger partial charge in [0.15, 0.2) is 0 Å². The number of carboxylic acid groups (broad SMARTS) is 1. The number of carbonyl (C=O) groups excluding carboxylic acids is 1. The van der Waals surface area contributed by atoms with Crippen LogP contribution in [0, 0.1) is 0 Å². The Morgan fingerprint density at radius 1 is 1.40 bits per heavy atom. The molecular weight excluding hydrogens is 227 g/mol. The van der Waals surface area contributed by atoms with Gasteiger partial charge in [0.25, 0.3) is 0 Å². The Morgan fingerprint density at radius 2 is 1.87 bits per heavy atom. The van der Waals surface area contributed by atoms with Crippen molar-refractivity contribution in [2.75, 3.05) is 6.66 Å². The highest BCUT2D eigenvalue weighted by Gasteiger charge is 2.30. The molecule has 0 aromatic rings. The maximum Gasteiger partial charge on any atom is 0.375 e. The second-order valence-electron chi connectivity index (χ2n) is 3.51. The SMILES string of the molecule is C[C@](O)(CC(=O)O)CC(=O)OP(C)(=O)O. The van der Waals surface area contributed by atoms with Crippen LogP contribution in [0.3, 0.4) is 0 Å². The lowest BCUT2D eigenvalue weighted by Crippen LogP contribution is -2.31. The van der Waals surface area contributed by atoms with Crippen molar-refractivity contribution in [2.45, 2.75) is 25.4 Å². The fraction of sp³-hybridized carbons (Fsp3) is 0.714. The second-order valence-corrected chi connectivity index (χ2v) is 5.30. The van der Waals surface area contributed by atoms with Crippen molar-refractivity contribution in [3.63, 3.8) is 0 Å². The molecule has 2 atom stereocenters. The number of aliphatic carboxylic acids is 1. The van der Waals surface area contributed by atoms with Gasteiger partial charge in [0.2, 0.25) is 0 Å². The van der Waals surface area contributed by atoms with E-state index in [1.165, 1.54) is 0 Å². The first-order valence-electron chi connectivity index (χ1n) is 3.99. The van der Waals surface area contributed by atoms with Crippen LogP contribution in [0.1, 0.15) is 19.8 Å². The average Bonchev–Trinajstić information content (AvgIpc) is 1.73. The van der Waals surface area contributed by atoms with Gasteiger partial charge in [-0.15, -0.1) is 0 Å². The van der Waals surface area contributed by atoms with Crippen LogP contribution in [-0.2, 0) is 18.7 Å². The minimum absolute atomic E-state index is 0.651. The number of carbonyl (C=O) groups is 2. The summed E-state index contributed by atoms with van der Waals surface area (Å²) in [5.74, 6) is -2.40. The number of aliphatic hydroxyl groups is 1. The number of rotatable bonds is 5. The van der Waals surface area contributed by atoms with Gasteiger partial charge in [0, 0.05) is 6.66 Å². The van der Waals surface area contributed by atoms with Crippen LogP contribution in [0.2, 0.25) is 0 Å². The van der Waals surface area contributed by atoms with Crippen molar-refractivity contribution in [3.8, 4) is 0 Å². The van der Waals surface area contributed by atoms with E-state index in [1.54, 1.807) is 0 Å². The lowest BCUT2D eigenvalue weighted by atomic mass is 9.99. The molecule has 0 saturated heterocycles. The predicted octanol–water partition coefficient (Wildman–Crippen LogP) is -0.0394. The zero-order chi connectivity index (χ0) is 12.3. The molecular formula is C7H13O7P. The van der Waals surface area contributed by atoms with Gasteiger partial charge in [0.05, 0.1) is 18.4 Å². The zero-order valence-corrected chi connectivity index (χ0v) is 9.23. The second kappa shape index (κ2) is 4.74. The van der Waals surface area contributed by atoms with Crippen LogP contribution in [-0.4, -0.2) is 39.3 Å². The summed E-state index contributed by atoms with van der Waals surface area (Å²) >= 11 is 0. The fourth-order valence-electron chi connectivity index (χ4n) is 0.920. The standard InChI is InChI=1S/C7H13O7P/c1-7(11,3-5(8)9)4-6(10)14-15(2,12)13/h11H,3-4H2,1-2H3,(H,8,9)(H,12,13)/t7-/m0/s1. The first-order valence-corrected chi connectivity index (χ1v) is 6.01. The Labute approximate surface area is 86.2 Å². The minimum atomic E-state index is -3.95. The van der Waals surface area contributed by atoms with Gasteiger partial charge in [-0.3, -0.25) is 9.59 Å². The molecule has 0 spiro atoms. The quantitative estimate of drug-likeness (QED) is 0.576. The average molecular weight is 240 g/mol. The Hall–Kier alpha value is -0.910. The molecule has 3 N–H and O–H groups in total. The summed E-state index contributed by atoms with van der Waals surface area (Å²) in [5, 5.41) is 17.8. The molecule has 0 amide bonds. The highest BCUT2D eigenvalue weighted by Crippen LogP contribution is 2.37. The number of hydrogen-bond acceptors (Lipinski definition) is 5. The Balaban J connectivity index is 4.28. The summed E-state index contributed by atoms with van der Waals surface area (Å²) < 4.78 is 14.7. The third-order valence-electron chi connectivity index (χ3n) is 1.33. The minimum Gasteiger partial charge on any atom is -0.481 e. The van der Waals surface area contributed by atoms with E-state index in [1.807, 2.05) is 0 Å². The van der Waals surface area contributed by atoms with Crippen LogP contribution in [0.5, 0.6) is 0 Å². The van der Waals surface area contributed by atoms with Gasteiger partial charge in [-0.05, 0) is 6.92 Å². The molecule has 0 aromatic carbocycles. The van der Waals surface area contributed by atoms with Gasteiger partial charge in [-0.2, -0.15) is 0 Å². The van der Waals surface area contributed by atoms with Crippen molar-refractivity contribution in [1.29, 1.82) is 0 Å². The Morgan fingerprint density at radius 3 is 2.20 bits per heavy atom.